The van der Waals surface area contributed by atoms with Crippen LogP contribution in [-0.4, -0.2) is 49.9 Å². The van der Waals surface area contributed by atoms with Crippen molar-refractivity contribution in [2.24, 2.45) is 0 Å². The molecule has 0 aromatic heterocycles. The van der Waals surface area contributed by atoms with Crippen LogP contribution in [0.3, 0.4) is 0 Å². The fourth-order valence-corrected chi connectivity index (χ4v) is 4.04. The second-order valence-electron chi connectivity index (χ2n) is 5.31. The summed E-state index contributed by atoms with van der Waals surface area (Å²) in [6.07, 6.45) is -2.33. The summed E-state index contributed by atoms with van der Waals surface area (Å²) in [5.41, 5.74) is 0.734. The van der Waals surface area contributed by atoms with Crippen molar-refractivity contribution in [3.05, 3.63) is 35.9 Å². The predicted octanol–water partition coefficient (Wildman–Crippen LogP) is 1.65. The van der Waals surface area contributed by atoms with Crippen molar-refractivity contribution in [1.82, 2.24) is 10.2 Å². The van der Waals surface area contributed by atoms with Crippen LogP contribution in [0.2, 0.25) is 0 Å². The number of amides is 2. The van der Waals surface area contributed by atoms with Crippen LogP contribution >= 0.6 is 0 Å². The lowest BCUT2D eigenvalue weighted by atomic mass is 10.2. The van der Waals surface area contributed by atoms with E-state index in [4.69, 9.17) is 0 Å². The highest BCUT2D eigenvalue weighted by Gasteiger charge is 2.30. The number of hydrogen-bond donors (Lipinski definition) is 1. The molecular formula is C14H18F2N2O3S. The Morgan fingerprint density at radius 1 is 1.32 bits per heavy atom. The topological polar surface area (TPSA) is 66.5 Å². The minimum absolute atomic E-state index is 0.0193. The van der Waals surface area contributed by atoms with E-state index < -0.39 is 34.9 Å². The van der Waals surface area contributed by atoms with Gasteiger partial charge in [0, 0.05) is 12.6 Å². The molecule has 1 atom stereocenters. The molecule has 1 aliphatic heterocycles. The normalized spacial score (nSPS) is 20.0. The molecule has 2 amide bonds. The van der Waals surface area contributed by atoms with Gasteiger partial charge in [0.25, 0.3) is 6.43 Å². The Bertz CT molecular complexity index is 608. The van der Waals surface area contributed by atoms with Gasteiger partial charge in [-0.3, -0.25) is 0 Å². The Morgan fingerprint density at radius 3 is 2.55 bits per heavy atom. The Kier molecular flexibility index (Phi) is 5.33. The number of urea groups is 1. The molecule has 2 rings (SSSR count). The van der Waals surface area contributed by atoms with E-state index in [1.54, 1.807) is 30.3 Å². The number of rotatable bonds is 5. The van der Waals surface area contributed by atoms with Crippen molar-refractivity contribution < 1.29 is 22.0 Å². The highest BCUT2D eigenvalue weighted by atomic mass is 32.2. The third-order valence-corrected chi connectivity index (χ3v) is 5.19. The maximum atomic E-state index is 12.7. The van der Waals surface area contributed by atoms with Crippen molar-refractivity contribution >= 4 is 15.9 Å². The minimum Gasteiger partial charge on any atom is -0.334 e. The van der Waals surface area contributed by atoms with E-state index in [1.165, 1.54) is 0 Å². The first kappa shape index (κ1) is 16.7. The molecule has 0 radical (unpaired) electrons. The van der Waals surface area contributed by atoms with Crippen molar-refractivity contribution in [2.75, 3.05) is 18.1 Å². The van der Waals surface area contributed by atoms with Crippen molar-refractivity contribution in [3.8, 4) is 0 Å². The lowest BCUT2D eigenvalue weighted by Gasteiger charge is -2.24. The van der Waals surface area contributed by atoms with Crippen LogP contribution in [0.5, 0.6) is 0 Å². The number of nitrogens with zero attached hydrogens (tertiary/aromatic N) is 1. The van der Waals surface area contributed by atoms with Gasteiger partial charge in [-0.2, -0.15) is 0 Å². The number of benzene rings is 1. The van der Waals surface area contributed by atoms with Crippen molar-refractivity contribution in [2.45, 2.75) is 25.4 Å². The molecule has 1 saturated heterocycles. The number of sulfone groups is 1. The number of alkyl halides is 2. The molecule has 1 aromatic carbocycles. The van der Waals surface area contributed by atoms with E-state index in [1.807, 2.05) is 0 Å². The van der Waals surface area contributed by atoms with Gasteiger partial charge in [0.1, 0.15) is 0 Å². The Hall–Kier alpha value is -1.70. The first-order valence-electron chi connectivity index (χ1n) is 6.93. The van der Waals surface area contributed by atoms with Gasteiger partial charge in [-0.15, -0.1) is 0 Å². The number of hydrogen-bond acceptors (Lipinski definition) is 3. The molecule has 0 aliphatic carbocycles. The average Bonchev–Trinajstić information content (AvgIpc) is 2.78. The van der Waals surface area contributed by atoms with E-state index in [9.17, 15) is 22.0 Å². The molecule has 0 bridgehead atoms. The molecule has 0 saturated carbocycles. The van der Waals surface area contributed by atoms with E-state index in [0.29, 0.717) is 6.42 Å². The summed E-state index contributed by atoms with van der Waals surface area (Å²) < 4.78 is 48.1. The molecule has 1 unspecified atom stereocenters. The molecule has 1 aromatic rings. The second kappa shape index (κ2) is 7.04. The summed E-state index contributed by atoms with van der Waals surface area (Å²) >= 11 is 0. The van der Waals surface area contributed by atoms with Crippen molar-refractivity contribution in [3.63, 3.8) is 0 Å². The van der Waals surface area contributed by atoms with E-state index in [0.717, 1.165) is 10.5 Å². The maximum Gasteiger partial charge on any atom is 0.318 e. The van der Waals surface area contributed by atoms with Crippen LogP contribution in [-0.2, 0) is 16.4 Å². The van der Waals surface area contributed by atoms with Crippen LogP contribution in [0.15, 0.2) is 30.3 Å². The largest absolute Gasteiger partial charge is 0.334 e. The molecule has 1 fully saturated rings. The average molecular weight is 332 g/mol. The van der Waals surface area contributed by atoms with Gasteiger partial charge in [-0.05, 0) is 12.0 Å². The SMILES string of the molecule is O=C(NC1CCS(=O)(=O)C1)N(Cc1ccccc1)CC(F)F. The molecule has 0 spiro atoms. The lowest BCUT2D eigenvalue weighted by Crippen LogP contribution is -2.46. The Balaban J connectivity index is 2.00. The highest BCUT2D eigenvalue weighted by Crippen LogP contribution is 2.13. The molecule has 8 heteroatoms. The first-order chi connectivity index (χ1) is 10.4. The molecule has 1 aliphatic rings. The third kappa shape index (κ3) is 4.94. The highest BCUT2D eigenvalue weighted by molar-refractivity contribution is 7.91. The maximum absolute atomic E-state index is 12.7. The van der Waals surface area contributed by atoms with Crippen LogP contribution in [0.4, 0.5) is 13.6 Å². The van der Waals surface area contributed by atoms with Gasteiger partial charge in [0.15, 0.2) is 9.84 Å². The first-order valence-corrected chi connectivity index (χ1v) is 8.76. The monoisotopic (exact) mass is 332 g/mol. The van der Waals surface area contributed by atoms with Crippen LogP contribution in [0, 0.1) is 0 Å². The van der Waals surface area contributed by atoms with Gasteiger partial charge in [0.05, 0.1) is 18.1 Å². The summed E-state index contributed by atoms with van der Waals surface area (Å²) in [5, 5.41) is 2.53. The predicted molar refractivity (Wildman–Crippen MR) is 78.4 cm³/mol. The number of carbonyl (C=O) groups excluding carboxylic acids is 1. The smallest absolute Gasteiger partial charge is 0.318 e. The van der Waals surface area contributed by atoms with Crippen LogP contribution in [0.1, 0.15) is 12.0 Å². The van der Waals surface area contributed by atoms with Gasteiger partial charge in [-0.1, -0.05) is 30.3 Å². The summed E-state index contributed by atoms with van der Waals surface area (Å²) in [5.74, 6) is -0.113. The molecule has 1 heterocycles. The van der Waals surface area contributed by atoms with E-state index in [-0.39, 0.29) is 18.1 Å². The summed E-state index contributed by atoms with van der Waals surface area (Å²) in [6.45, 7) is -0.642. The fraction of sp³-hybridized carbons (Fsp3) is 0.500. The van der Waals surface area contributed by atoms with Crippen molar-refractivity contribution in [1.29, 1.82) is 0 Å². The number of carbonyl (C=O) groups is 1. The quantitative estimate of drug-likeness (QED) is 0.891. The minimum atomic E-state index is -3.13. The lowest BCUT2D eigenvalue weighted by molar-refractivity contribution is 0.0949. The zero-order valence-electron chi connectivity index (χ0n) is 11.9. The van der Waals surface area contributed by atoms with E-state index in [2.05, 4.69) is 5.32 Å². The van der Waals surface area contributed by atoms with Crippen LogP contribution in [0.25, 0.3) is 0 Å². The third-order valence-electron chi connectivity index (χ3n) is 3.42. The molecule has 122 valence electrons. The number of nitrogens with one attached hydrogen (secondary N) is 1. The molecule has 22 heavy (non-hydrogen) atoms. The molecule has 5 nitrogen and oxygen atoms in total. The summed E-state index contributed by atoms with van der Waals surface area (Å²) in [7, 11) is -3.13. The fourth-order valence-electron chi connectivity index (χ4n) is 2.36. The molecule has 1 N–H and O–H groups in total. The zero-order valence-corrected chi connectivity index (χ0v) is 12.7. The van der Waals surface area contributed by atoms with Gasteiger partial charge in [-0.25, -0.2) is 22.0 Å². The Labute approximate surface area is 128 Å². The van der Waals surface area contributed by atoms with Crippen LogP contribution < -0.4 is 5.32 Å². The standard InChI is InChI=1S/C14H18F2N2O3S/c15-13(16)9-18(8-11-4-2-1-3-5-11)14(19)17-12-6-7-22(20,21)10-12/h1-5,12-13H,6-10H2,(H,17,19). The van der Waals surface area contributed by atoms with Gasteiger partial charge in [0.2, 0.25) is 0 Å². The van der Waals surface area contributed by atoms with Gasteiger partial charge >= 0.3 is 6.03 Å². The zero-order chi connectivity index (χ0) is 16.2. The van der Waals surface area contributed by atoms with E-state index >= 15 is 0 Å². The van der Waals surface area contributed by atoms with Gasteiger partial charge < -0.3 is 10.2 Å². The molecular weight excluding hydrogens is 314 g/mol. The summed E-state index contributed by atoms with van der Waals surface area (Å²) in [4.78, 5) is 13.1. The second-order valence-corrected chi connectivity index (χ2v) is 7.54. The number of halogens is 2. The Morgan fingerprint density at radius 2 is 2.00 bits per heavy atom. The summed E-state index contributed by atoms with van der Waals surface area (Å²) in [6, 6.07) is 7.64.